The van der Waals surface area contributed by atoms with Crippen molar-refractivity contribution in [3.8, 4) is 0 Å². The number of carbonyl (C=O) groups is 2. The van der Waals surface area contributed by atoms with Gasteiger partial charge in [-0.25, -0.2) is 4.99 Å². The molecule has 1 heterocycles. The summed E-state index contributed by atoms with van der Waals surface area (Å²) in [4.78, 5) is 32.3. The van der Waals surface area contributed by atoms with Gasteiger partial charge in [-0.3, -0.25) is 9.59 Å². The van der Waals surface area contributed by atoms with E-state index < -0.39 is 5.91 Å². The fourth-order valence-corrected chi connectivity index (χ4v) is 3.05. The number of hydrogen-bond acceptors (Lipinski definition) is 5. The molecule has 4 rings (SSSR count). The maximum atomic E-state index is 13.1. The highest BCUT2D eigenvalue weighted by Gasteiger charge is 2.34. The van der Waals surface area contributed by atoms with Gasteiger partial charge in [-0.2, -0.15) is 5.01 Å². The van der Waals surface area contributed by atoms with Gasteiger partial charge in [-0.15, -0.1) is 5.10 Å². The first-order chi connectivity index (χ1) is 15.0. The zero-order valence-corrected chi connectivity index (χ0v) is 17.2. The third-order valence-electron chi connectivity index (χ3n) is 4.69. The Labute approximate surface area is 180 Å². The van der Waals surface area contributed by atoms with Gasteiger partial charge in [0.05, 0.1) is 11.4 Å². The highest BCUT2D eigenvalue weighted by molar-refractivity contribution is 6.72. The van der Waals surface area contributed by atoms with E-state index in [4.69, 9.17) is 0 Å². The zero-order valence-electron chi connectivity index (χ0n) is 17.2. The van der Waals surface area contributed by atoms with Crippen molar-refractivity contribution in [2.24, 2.45) is 10.1 Å². The molecule has 0 atom stereocenters. The SMILES string of the molecule is CN(C)c1ccc(N=C2C(=O)N(c3ccccc3)N=C2NC(=O)c2ccccc2)cc1. The molecule has 0 spiro atoms. The number of anilines is 2. The first-order valence-electron chi connectivity index (χ1n) is 9.74. The molecule has 0 saturated heterocycles. The summed E-state index contributed by atoms with van der Waals surface area (Å²) in [5.74, 6) is -0.664. The van der Waals surface area contributed by atoms with Crippen LogP contribution in [-0.4, -0.2) is 37.5 Å². The second-order valence-corrected chi connectivity index (χ2v) is 7.09. The fourth-order valence-electron chi connectivity index (χ4n) is 3.05. The minimum Gasteiger partial charge on any atom is -0.378 e. The number of hydrogen-bond donors (Lipinski definition) is 1. The number of carbonyl (C=O) groups excluding carboxylic acids is 2. The molecule has 0 unspecified atom stereocenters. The van der Waals surface area contributed by atoms with Gasteiger partial charge in [-0.05, 0) is 48.5 Å². The van der Waals surface area contributed by atoms with Crippen molar-refractivity contribution in [1.29, 1.82) is 0 Å². The Morgan fingerprint density at radius 3 is 2.13 bits per heavy atom. The maximum Gasteiger partial charge on any atom is 0.301 e. The molecule has 3 aromatic rings. The fraction of sp³-hybridized carbons (Fsp3) is 0.0833. The number of nitrogens with zero attached hydrogens (tertiary/aromatic N) is 4. The number of benzene rings is 3. The minimum absolute atomic E-state index is 0.0748. The van der Waals surface area contributed by atoms with Crippen LogP contribution in [0.25, 0.3) is 0 Å². The Bertz CT molecular complexity index is 1150. The van der Waals surface area contributed by atoms with E-state index in [0.717, 1.165) is 5.69 Å². The first kappa shape index (κ1) is 20.0. The van der Waals surface area contributed by atoms with Crippen LogP contribution in [0.4, 0.5) is 17.1 Å². The molecule has 3 aromatic carbocycles. The average Bonchev–Trinajstić information content (AvgIpc) is 3.10. The van der Waals surface area contributed by atoms with Crippen molar-refractivity contribution < 1.29 is 9.59 Å². The second-order valence-electron chi connectivity index (χ2n) is 7.09. The van der Waals surface area contributed by atoms with Gasteiger partial charge in [0, 0.05) is 25.3 Å². The van der Waals surface area contributed by atoms with Crippen LogP contribution in [0.2, 0.25) is 0 Å². The quantitative estimate of drug-likeness (QED) is 0.712. The molecule has 154 valence electrons. The maximum absolute atomic E-state index is 13.1. The first-order valence-corrected chi connectivity index (χ1v) is 9.74. The molecule has 0 saturated carbocycles. The van der Waals surface area contributed by atoms with E-state index in [0.29, 0.717) is 16.9 Å². The molecular weight excluding hydrogens is 390 g/mol. The Balaban J connectivity index is 1.69. The molecule has 7 nitrogen and oxygen atoms in total. The summed E-state index contributed by atoms with van der Waals surface area (Å²) in [5, 5.41) is 8.34. The van der Waals surface area contributed by atoms with E-state index in [2.05, 4.69) is 15.4 Å². The van der Waals surface area contributed by atoms with Crippen molar-refractivity contribution in [3.05, 3.63) is 90.5 Å². The molecule has 7 heteroatoms. The summed E-state index contributed by atoms with van der Waals surface area (Å²) in [6.45, 7) is 0. The van der Waals surface area contributed by atoms with E-state index in [-0.39, 0.29) is 17.5 Å². The van der Waals surface area contributed by atoms with Crippen molar-refractivity contribution in [1.82, 2.24) is 5.32 Å². The van der Waals surface area contributed by atoms with Crippen LogP contribution in [0, 0.1) is 0 Å². The predicted octanol–water partition coefficient (Wildman–Crippen LogP) is 3.62. The summed E-state index contributed by atoms with van der Waals surface area (Å²) >= 11 is 0. The summed E-state index contributed by atoms with van der Waals surface area (Å²) in [6, 6.07) is 25.2. The Morgan fingerprint density at radius 2 is 1.52 bits per heavy atom. The lowest BCUT2D eigenvalue weighted by molar-refractivity contribution is -0.112. The largest absolute Gasteiger partial charge is 0.378 e. The van der Waals surface area contributed by atoms with Crippen molar-refractivity contribution >= 4 is 40.4 Å². The normalized spacial score (nSPS) is 14.5. The van der Waals surface area contributed by atoms with Crippen LogP contribution in [0.5, 0.6) is 0 Å². The lowest BCUT2D eigenvalue weighted by Crippen LogP contribution is -2.37. The van der Waals surface area contributed by atoms with Crippen molar-refractivity contribution in [2.45, 2.75) is 0 Å². The van der Waals surface area contributed by atoms with Crippen LogP contribution in [0.15, 0.2) is 95.0 Å². The molecule has 0 aliphatic carbocycles. The molecule has 0 fully saturated rings. The van der Waals surface area contributed by atoms with Gasteiger partial charge in [0.1, 0.15) is 0 Å². The van der Waals surface area contributed by atoms with Gasteiger partial charge in [0.25, 0.3) is 5.91 Å². The molecule has 0 aromatic heterocycles. The van der Waals surface area contributed by atoms with Crippen LogP contribution < -0.4 is 15.2 Å². The molecule has 0 bridgehead atoms. The predicted molar refractivity (Wildman–Crippen MR) is 123 cm³/mol. The monoisotopic (exact) mass is 411 g/mol. The second kappa shape index (κ2) is 8.62. The van der Waals surface area contributed by atoms with Gasteiger partial charge in [0.15, 0.2) is 11.5 Å². The van der Waals surface area contributed by atoms with Gasteiger partial charge < -0.3 is 10.2 Å². The average molecular weight is 411 g/mol. The molecule has 2 amide bonds. The van der Waals surface area contributed by atoms with Gasteiger partial charge in [-0.1, -0.05) is 36.4 Å². The summed E-state index contributed by atoms with van der Waals surface area (Å²) in [7, 11) is 3.89. The summed E-state index contributed by atoms with van der Waals surface area (Å²) in [6.07, 6.45) is 0. The van der Waals surface area contributed by atoms with Crippen LogP contribution in [-0.2, 0) is 4.79 Å². The van der Waals surface area contributed by atoms with Gasteiger partial charge >= 0.3 is 5.91 Å². The smallest absolute Gasteiger partial charge is 0.301 e. The number of hydrazone groups is 1. The third-order valence-corrected chi connectivity index (χ3v) is 4.69. The number of amides is 2. The van der Waals surface area contributed by atoms with Crippen LogP contribution in [0.1, 0.15) is 10.4 Å². The molecule has 1 N–H and O–H groups in total. The highest BCUT2D eigenvalue weighted by atomic mass is 16.2. The lowest BCUT2D eigenvalue weighted by Gasteiger charge is -2.12. The topological polar surface area (TPSA) is 77.4 Å². The van der Waals surface area contributed by atoms with E-state index in [9.17, 15) is 9.59 Å². The molecular formula is C24H21N5O2. The number of amidine groups is 1. The van der Waals surface area contributed by atoms with E-state index in [1.165, 1.54) is 5.01 Å². The Hall–Kier alpha value is -4.26. The van der Waals surface area contributed by atoms with Gasteiger partial charge in [0.2, 0.25) is 0 Å². The number of aliphatic imine (C=N–C) groups is 1. The minimum atomic E-state index is -0.411. The standard InChI is InChI=1S/C24H21N5O2/c1-28(2)19-15-13-18(14-16-19)25-21-22(26-23(30)17-9-5-3-6-10-17)27-29(24(21)31)20-11-7-4-8-12-20/h3-16H,1-2H3,(H,26,27,30). The lowest BCUT2D eigenvalue weighted by atomic mass is 10.2. The number of nitrogens with one attached hydrogen (secondary N) is 1. The Morgan fingerprint density at radius 1 is 0.903 bits per heavy atom. The third kappa shape index (κ3) is 4.35. The van der Waals surface area contributed by atoms with E-state index >= 15 is 0 Å². The Kier molecular flexibility index (Phi) is 5.57. The molecule has 1 aliphatic rings. The molecule has 0 radical (unpaired) electrons. The zero-order chi connectivity index (χ0) is 21.8. The van der Waals surface area contributed by atoms with Crippen LogP contribution in [0.3, 0.4) is 0 Å². The van der Waals surface area contributed by atoms with E-state index in [1.54, 1.807) is 36.4 Å². The molecule has 1 aliphatic heterocycles. The van der Waals surface area contributed by atoms with Crippen molar-refractivity contribution in [3.63, 3.8) is 0 Å². The highest BCUT2D eigenvalue weighted by Crippen LogP contribution is 2.23. The summed E-state index contributed by atoms with van der Waals surface area (Å²) in [5.41, 5.74) is 2.73. The summed E-state index contributed by atoms with van der Waals surface area (Å²) < 4.78 is 0. The number of rotatable bonds is 4. The molecule has 31 heavy (non-hydrogen) atoms. The van der Waals surface area contributed by atoms with Crippen molar-refractivity contribution in [2.75, 3.05) is 24.0 Å². The van der Waals surface area contributed by atoms with Crippen LogP contribution >= 0.6 is 0 Å². The van der Waals surface area contributed by atoms with E-state index in [1.807, 2.05) is 67.5 Å². The number of para-hydroxylation sites is 1.